The first-order valence-electron chi connectivity index (χ1n) is 13.8. The summed E-state index contributed by atoms with van der Waals surface area (Å²) < 4.78 is 11.0. The van der Waals surface area contributed by atoms with Crippen molar-refractivity contribution in [3.8, 4) is 5.75 Å². The summed E-state index contributed by atoms with van der Waals surface area (Å²) >= 11 is 0. The molecule has 0 spiro atoms. The molecule has 0 aromatic heterocycles. The molecule has 7 nitrogen and oxygen atoms in total. The topological polar surface area (TPSA) is 83.1 Å². The van der Waals surface area contributed by atoms with Gasteiger partial charge in [-0.15, -0.1) is 0 Å². The van der Waals surface area contributed by atoms with E-state index in [0.29, 0.717) is 24.9 Å². The van der Waals surface area contributed by atoms with Crippen LogP contribution in [0.3, 0.4) is 0 Å². The molecule has 1 heterocycles. The fourth-order valence-electron chi connectivity index (χ4n) is 7.21. The monoisotopic (exact) mass is 501 g/mol. The zero-order valence-electron chi connectivity index (χ0n) is 22.8. The molecule has 202 valence electrons. The highest BCUT2D eigenvalue weighted by atomic mass is 16.5. The Labute approximate surface area is 217 Å². The van der Waals surface area contributed by atoms with E-state index in [4.69, 9.17) is 9.47 Å². The van der Waals surface area contributed by atoms with E-state index in [-0.39, 0.29) is 16.7 Å². The van der Waals surface area contributed by atoms with Crippen LogP contribution < -0.4 is 15.4 Å². The van der Waals surface area contributed by atoms with Crippen molar-refractivity contribution in [3.05, 3.63) is 29.8 Å². The number of carbonyl (C=O) groups excluding carboxylic acids is 1. The third kappa shape index (κ3) is 6.24. The lowest BCUT2D eigenvalue weighted by molar-refractivity contribution is -0.123. The fourth-order valence-corrected chi connectivity index (χ4v) is 7.21. The van der Waals surface area contributed by atoms with Gasteiger partial charge in [0.05, 0.1) is 25.9 Å². The molecule has 1 amide bonds. The Morgan fingerprint density at radius 2 is 1.92 bits per heavy atom. The molecule has 0 bridgehead atoms. The number of carbonyl (C=O) groups is 1. The van der Waals surface area contributed by atoms with Crippen LogP contribution in [0.1, 0.15) is 64.9 Å². The van der Waals surface area contributed by atoms with Gasteiger partial charge in [0.25, 0.3) is 0 Å². The highest BCUT2D eigenvalue weighted by Crippen LogP contribution is 2.63. The second-order valence-corrected chi connectivity index (χ2v) is 12.2. The van der Waals surface area contributed by atoms with E-state index in [2.05, 4.69) is 41.5 Å². The Morgan fingerprint density at radius 1 is 1.17 bits per heavy atom. The molecule has 2 saturated carbocycles. The lowest BCUT2D eigenvalue weighted by atomic mass is 9.57. The van der Waals surface area contributed by atoms with Crippen molar-refractivity contribution in [1.82, 2.24) is 15.5 Å². The predicted octanol–water partition coefficient (Wildman–Crippen LogP) is 3.35. The quantitative estimate of drug-likeness (QED) is 0.456. The van der Waals surface area contributed by atoms with Crippen LogP contribution >= 0.6 is 0 Å². The fraction of sp³-hybridized carbons (Fsp3) is 0.759. The number of para-hydroxylation sites is 1. The molecule has 3 N–H and O–H groups in total. The number of morpholine rings is 1. The van der Waals surface area contributed by atoms with Crippen molar-refractivity contribution in [2.24, 2.45) is 16.7 Å². The number of rotatable bonds is 10. The van der Waals surface area contributed by atoms with Gasteiger partial charge in [0.1, 0.15) is 5.75 Å². The molecular weight excluding hydrogens is 454 g/mol. The zero-order valence-corrected chi connectivity index (χ0v) is 22.8. The molecule has 1 aromatic carbocycles. The second-order valence-electron chi connectivity index (χ2n) is 12.2. The minimum atomic E-state index is -0.636. The molecule has 7 heteroatoms. The van der Waals surface area contributed by atoms with E-state index in [1.807, 2.05) is 19.1 Å². The second kappa shape index (κ2) is 11.4. The van der Waals surface area contributed by atoms with Crippen LogP contribution in [0.15, 0.2) is 24.3 Å². The Morgan fingerprint density at radius 3 is 2.67 bits per heavy atom. The van der Waals surface area contributed by atoms with Gasteiger partial charge in [-0.25, -0.2) is 0 Å². The molecule has 2 aliphatic carbocycles. The summed E-state index contributed by atoms with van der Waals surface area (Å²) in [7, 11) is 1.72. The van der Waals surface area contributed by atoms with E-state index in [9.17, 15) is 9.90 Å². The van der Waals surface area contributed by atoms with Crippen molar-refractivity contribution < 1.29 is 19.4 Å². The maximum atomic E-state index is 12.9. The number of fused-ring (bicyclic) bond motifs is 1. The first-order valence-corrected chi connectivity index (χ1v) is 13.8. The number of methoxy groups -OCH3 is 1. The number of aliphatic hydroxyl groups is 1. The van der Waals surface area contributed by atoms with E-state index in [0.717, 1.165) is 82.8 Å². The molecule has 36 heavy (non-hydrogen) atoms. The number of amides is 1. The minimum absolute atomic E-state index is 0.00466. The van der Waals surface area contributed by atoms with Gasteiger partial charge in [-0.1, -0.05) is 32.0 Å². The normalized spacial score (nSPS) is 32.1. The van der Waals surface area contributed by atoms with Crippen LogP contribution in [0.2, 0.25) is 0 Å². The molecule has 1 aliphatic heterocycles. The zero-order chi connectivity index (χ0) is 25.8. The number of nitrogens with one attached hydrogen (secondary N) is 2. The SMILES string of the molecule is COc1ccccc1CN[C@H]1CC(C)(C)[C@@H]2C[C@](C)(O)CC[C@@]12CCC(=O)NCCN1CCOCC1. The lowest BCUT2D eigenvalue weighted by Gasteiger charge is -2.51. The number of ether oxygens (including phenoxy) is 2. The molecule has 0 radical (unpaired) electrons. The lowest BCUT2D eigenvalue weighted by Crippen LogP contribution is -2.51. The highest BCUT2D eigenvalue weighted by molar-refractivity contribution is 5.75. The largest absolute Gasteiger partial charge is 0.496 e. The first-order chi connectivity index (χ1) is 17.2. The van der Waals surface area contributed by atoms with Crippen molar-refractivity contribution in [2.75, 3.05) is 46.5 Å². The van der Waals surface area contributed by atoms with Gasteiger partial charge in [-0.3, -0.25) is 9.69 Å². The van der Waals surface area contributed by atoms with Crippen LogP contribution in [-0.2, 0) is 16.1 Å². The average Bonchev–Trinajstić information content (AvgIpc) is 3.07. The standard InChI is InChI=1S/C29H47N3O4/c1-27(2)20-25(31-21-22-7-5-6-8-23(22)35-4)29(12-11-28(3,34)19-24(27)29)10-9-26(33)30-13-14-32-15-17-36-18-16-32/h5-8,24-25,31,34H,9-21H2,1-4H3,(H,30,33)/t24-,25-,28+,29+/m0/s1. The van der Waals surface area contributed by atoms with Crippen LogP contribution in [0.25, 0.3) is 0 Å². The third-order valence-electron chi connectivity index (χ3n) is 9.24. The van der Waals surface area contributed by atoms with Crippen molar-refractivity contribution in [2.45, 2.75) is 77.5 Å². The van der Waals surface area contributed by atoms with E-state index in [1.165, 1.54) is 0 Å². The van der Waals surface area contributed by atoms with Gasteiger partial charge in [-0.2, -0.15) is 0 Å². The highest BCUT2D eigenvalue weighted by Gasteiger charge is 2.61. The molecule has 1 aromatic rings. The Balaban J connectivity index is 1.43. The van der Waals surface area contributed by atoms with E-state index >= 15 is 0 Å². The summed E-state index contributed by atoms with van der Waals surface area (Å²) in [6, 6.07) is 8.46. The van der Waals surface area contributed by atoms with Crippen LogP contribution in [0, 0.1) is 16.7 Å². The van der Waals surface area contributed by atoms with Crippen molar-refractivity contribution in [3.63, 3.8) is 0 Å². The summed E-state index contributed by atoms with van der Waals surface area (Å²) in [5, 5.41) is 18.1. The Hall–Kier alpha value is -1.67. The van der Waals surface area contributed by atoms with Gasteiger partial charge >= 0.3 is 0 Å². The Kier molecular flexibility index (Phi) is 8.65. The summed E-state index contributed by atoms with van der Waals surface area (Å²) in [6.07, 6.45) is 4.95. The summed E-state index contributed by atoms with van der Waals surface area (Å²) in [5.41, 5.74) is 0.606. The van der Waals surface area contributed by atoms with Gasteiger partial charge < -0.3 is 25.2 Å². The van der Waals surface area contributed by atoms with Crippen LogP contribution in [0.5, 0.6) is 5.75 Å². The summed E-state index contributed by atoms with van der Waals surface area (Å²) in [4.78, 5) is 15.3. The van der Waals surface area contributed by atoms with Crippen LogP contribution in [0.4, 0.5) is 0 Å². The summed E-state index contributed by atoms with van der Waals surface area (Å²) in [5.74, 6) is 1.41. The van der Waals surface area contributed by atoms with Crippen LogP contribution in [-0.4, -0.2) is 74.1 Å². The van der Waals surface area contributed by atoms with E-state index in [1.54, 1.807) is 7.11 Å². The van der Waals surface area contributed by atoms with E-state index < -0.39 is 5.60 Å². The molecule has 1 saturated heterocycles. The molecule has 3 fully saturated rings. The minimum Gasteiger partial charge on any atom is -0.496 e. The first kappa shape index (κ1) is 27.4. The predicted molar refractivity (Wildman–Crippen MR) is 142 cm³/mol. The number of hydrogen-bond donors (Lipinski definition) is 3. The van der Waals surface area contributed by atoms with Gasteiger partial charge in [0.2, 0.25) is 5.91 Å². The molecule has 3 aliphatic rings. The average molecular weight is 502 g/mol. The molecule has 0 unspecified atom stereocenters. The third-order valence-corrected chi connectivity index (χ3v) is 9.24. The van der Waals surface area contributed by atoms with Crippen molar-refractivity contribution >= 4 is 5.91 Å². The van der Waals surface area contributed by atoms with Crippen molar-refractivity contribution in [1.29, 1.82) is 0 Å². The van der Waals surface area contributed by atoms with Gasteiger partial charge in [0, 0.05) is 50.7 Å². The molecule has 4 rings (SSSR count). The smallest absolute Gasteiger partial charge is 0.220 e. The Bertz CT molecular complexity index is 883. The maximum Gasteiger partial charge on any atom is 0.220 e. The van der Waals surface area contributed by atoms with Gasteiger partial charge in [-0.05, 0) is 61.8 Å². The maximum absolute atomic E-state index is 12.9. The molecular formula is C29H47N3O4. The number of benzene rings is 1. The summed E-state index contributed by atoms with van der Waals surface area (Å²) in [6.45, 7) is 12.4. The number of nitrogens with zero attached hydrogens (tertiary/aromatic N) is 1. The molecule has 4 atom stereocenters. The van der Waals surface area contributed by atoms with Gasteiger partial charge in [0.15, 0.2) is 0 Å². The number of hydrogen-bond acceptors (Lipinski definition) is 6.